The Morgan fingerprint density at radius 3 is 2.72 bits per heavy atom. The van der Waals surface area contributed by atoms with Crippen LogP contribution < -0.4 is 5.73 Å². The van der Waals surface area contributed by atoms with Gasteiger partial charge in [0.25, 0.3) is 0 Å². The van der Waals surface area contributed by atoms with Crippen molar-refractivity contribution in [3.63, 3.8) is 0 Å². The smallest absolute Gasteiger partial charge is 0.119 e. The molecule has 3 N–H and O–H groups in total. The number of aryl methyl sites for hydroxylation is 2. The summed E-state index contributed by atoms with van der Waals surface area (Å²) in [6.07, 6.45) is 0. The summed E-state index contributed by atoms with van der Waals surface area (Å²) in [7, 11) is 0. The number of benzene rings is 1. The van der Waals surface area contributed by atoms with Crippen molar-refractivity contribution in [1.82, 2.24) is 4.98 Å². The van der Waals surface area contributed by atoms with E-state index in [4.69, 9.17) is 5.73 Å². The molecule has 0 spiro atoms. The summed E-state index contributed by atoms with van der Waals surface area (Å²) < 4.78 is 0. The maximum atomic E-state index is 9.73. The highest BCUT2D eigenvalue weighted by atomic mass is 32.2. The van der Waals surface area contributed by atoms with Crippen LogP contribution in [0.4, 0.5) is 5.69 Å². The van der Waals surface area contributed by atoms with E-state index < -0.39 is 0 Å². The van der Waals surface area contributed by atoms with Crippen LogP contribution in [0.1, 0.15) is 16.8 Å². The van der Waals surface area contributed by atoms with E-state index in [1.807, 2.05) is 19.1 Å². The van der Waals surface area contributed by atoms with E-state index in [1.54, 1.807) is 30.0 Å². The molecule has 3 nitrogen and oxygen atoms in total. The maximum Gasteiger partial charge on any atom is 0.119 e. The first kappa shape index (κ1) is 12.8. The Hall–Kier alpha value is -1.68. The van der Waals surface area contributed by atoms with E-state index >= 15 is 0 Å². The Labute approximate surface area is 111 Å². The molecule has 2 aromatic rings. The van der Waals surface area contributed by atoms with Crippen molar-refractivity contribution >= 4 is 17.4 Å². The van der Waals surface area contributed by atoms with Gasteiger partial charge in [0, 0.05) is 22.7 Å². The molecule has 0 unspecified atom stereocenters. The van der Waals surface area contributed by atoms with Gasteiger partial charge in [0.1, 0.15) is 5.75 Å². The molecule has 0 radical (unpaired) electrons. The molecular weight excluding hydrogens is 244 g/mol. The summed E-state index contributed by atoms with van der Waals surface area (Å²) >= 11 is 1.60. The number of aromatic nitrogens is 1. The number of hydrogen-bond donors (Lipinski definition) is 2. The van der Waals surface area contributed by atoms with E-state index in [1.165, 1.54) is 5.56 Å². The molecule has 0 aliphatic carbocycles. The molecule has 0 saturated heterocycles. The molecule has 0 bridgehead atoms. The van der Waals surface area contributed by atoms with Crippen LogP contribution >= 0.6 is 11.8 Å². The van der Waals surface area contributed by atoms with Gasteiger partial charge in [-0.3, -0.25) is 0 Å². The van der Waals surface area contributed by atoms with Crippen molar-refractivity contribution < 1.29 is 5.11 Å². The Bertz CT molecular complexity index is 549. The summed E-state index contributed by atoms with van der Waals surface area (Å²) in [4.78, 5) is 4.45. The van der Waals surface area contributed by atoms with Gasteiger partial charge in [-0.15, -0.1) is 11.8 Å². The fraction of sp³-hybridized carbons (Fsp3) is 0.214. The molecule has 0 fully saturated rings. The second kappa shape index (κ2) is 5.31. The fourth-order valence-corrected chi connectivity index (χ4v) is 2.76. The quantitative estimate of drug-likeness (QED) is 0.505. The molecule has 2 rings (SSSR count). The van der Waals surface area contributed by atoms with Crippen LogP contribution in [0.3, 0.4) is 0 Å². The highest BCUT2D eigenvalue weighted by molar-refractivity contribution is 7.98. The van der Waals surface area contributed by atoms with E-state index in [0.717, 1.165) is 16.3 Å². The number of hydrogen-bond acceptors (Lipinski definition) is 4. The van der Waals surface area contributed by atoms with Crippen molar-refractivity contribution in [3.05, 3.63) is 47.2 Å². The molecule has 1 aromatic heterocycles. The maximum absolute atomic E-state index is 9.73. The lowest BCUT2D eigenvalue weighted by Gasteiger charge is -2.06. The summed E-state index contributed by atoms with van der Waals surface area (Å²) in [6.45, 7) is 4.03. The molecule has 0 aliphatic heterocycles. The third kappa shape index (κ3) is 3.17. The zero-order valence-corrected chi connectivity index (χ0v) is 11.3. The van der Waals surface area contributed by atoms with Gasteiger partial charge in [-0.1, -0.05) is 0 Å². The zero-order valence-electron chi connectivity index (χ0n) is 10.5. The van der Waals surface area contributed by atoms with Crippen molar-refractivity contribution in [2.24, 2.45) is 0 Å². The van der Waals surface area contributed by atoms with E-state index in [0.29, 0.717) is 11.4 Å². The summed E-state index contributed by atoms with van der Waals surface area (Å²) in [5.74, 6) is 0.938. The van der Waals surface area contributed by atoms with Crippen molar-refractivity contribution in [2.75, 3.05) is 5.73 Å². The lowest BCUT2D eigenvalue weighted by Crippen LogP contribution is -1.90. The van der Waals surface area contributed by atoms with Gasteiger partial charge in [-0.05, 0) is 49.7 Å². The van der Waals surface area contributed by atoms with Crippen molar-refractivity contribution in [1.29, 1.82) is 0 Å². The van der Waals surface area contributed by atoms with Crippen LogP contribution in [0, 0.1) is 13.8 Å². The fourth-order valence-electron chi connectivity index (χ4n) is 1.75. The Balaban J connectivity index is 2.13. The van der Waals surface area contributed by atoms with Crippen LogP contribution in [-0.4, -0.2) is 10.1 Å². The minimum Gasteiger partial charge on any atom is -0.508 e. The minimum absolute atomic E-state index is 0.279. The van der Waals surface area contributed by atoms with E-state index in [9.17, 15) is 5.11 Å². The number of anilines is 1. The summed E-state index contributed by atoms with van der Waals surface area (Å²) in [5.41, 5.74) is 9.41. The third-order valence-electron chi connectivity index (χ3n) is 2.55. The Morgan fingerprint density at radius 2 is 2.00 bits per heavy atom. The first-order valence-corrected chi connectivity index (χ1v) is 6.68. The van der Waals surface area contributed by atoms with Gasteiger partial charge >= 0.3 is 0 Å². The van der Waals surface area contributed by atoms with Crippen molar-refractivity contribution in [3.8, 4) is 5.75 Å². The van der Waals surface area contributed by atoms with Gasteiger partial charge in [0.05, 0.1) is 5.03 Å². The molecule has 0 amide bonds. The van der Waals surface area contributed by atoms with Gasteiger partial charge in [-0.25, -0.2) is 4.98 Å². The minimum atomic E-state index is 0.279. The van der Waals surface area contributed by atoms with Crippen LogP contribution in [-0.2, 0) is 5.75 Å². The second-order valence-electron chi connectivity index (χ2n) is 4.30. The predicted molar refractivity (Wildman–Crippen MR) is 75.8 cm³/mol. The number of aromatic hydroxyl groups is 1. The lowest BCUT2D eigenvalue weighted by molar-refractivity contribution is 0.471. The number of thioether (sulfide) groups is 1. The molecule has 1 heterocycles. The second-order valence-corrected chi connectivity index (χ2v) is 5.30. The van der Waals surface area contributed by atoms with E-state index in [-0.39, 0.29) is 5.75 Å². The van der Waals surface area contributed by atoms with Gasteiger partial charge < -0.3 is 10.8 Å². The molecule has 0 atom stereocenters. The predicted octanol–water partition coefficient (Wildman–Crippen LogP) is 3.28. The molecular formula is C14H16N2OS. The third-order valence-corrected chi connectivity index (χ3v) is 3.51. The largest absolute Gasteiger partial charge is 0.508 e. The number of nitrogen functional groups attached to an aromatic ring is 1. The van der Waals surface area contributed by atoms with Crippen molar-refractivity contribution in [2.45, 2.75) is 24.6 Å². The van der Waals surface area contributed by atoms with Crippen LogP contribution in [0.5, 0.6) is 5.75 Å². The van der Waals surface area contributed by atoms with Gasteiger partial charge in [-0.2, -0.15) is 0 Å². The van der Waals surface area contributed by atoms with Crippen LogP contribution in [0.2, 0.25) is 0 Å². The molecule has 1 aromatic carbocycles. The Morgan fingerprint density at radius 1 is 1.22 bits per heavy atom. The number of phenols is 1. The highest BCUT2D eigenvalue weighted by Crippen LogP contribution is 2.28. The number of pyridine rings is 1. The molecule has 0 saturated carbocycles. The van der Waals surface area contributed by atoms with E-state index in [2.05, 4.69) is 11.9 Å². The van der Waals surface area contributed by atoms with Crippen LogP contribution in [0.25, 0.3) is 0 Å². The first-order valence-electron chi connectivity index (χ1n) is 5.70. The molecule has 0 aliphatic rings. The van der Waals surface area contributed by atoms with Gasteiger partial charge in [0.15, 0.2) is 0 Å². The number of phenolic OH excluding ortho intramolecular Hbond substituents is 1. The molecule has 4 heteroatoms. The number of nitrogens with two attached hydrogens (primary N) is 1. The topological polar surface area (TPSA) is 59.1 Å². The normalized spacial score (nSPS) is 10.6. The average Bonchev–Trinajstić information content (AvgIpc) is 2.29. The summed E-state index contributed by atoms with van der Waals surface area (Å²) in [6, 6.07) is 9.20. The number of rotatable bonds is 3. The Kier molecular flexibility index (Phi) is 3.77. The monoisotopic (exact) mass is 260 g/mol. The standard InChI is InChI=1S/C14H16N2OS/c1-9-5-10(2)16-14(6-9)18-8-11-7-12(15)3-4-13(11)17/h3-7,17H,8,15H2,1-2H3. The lowest BCUT2D eigenvalue weighted by atomic mass is 10.2. The molecule has 18 heavy (non-hydrogen) atoms. The van der Waals surface area contributed by atoms with Gasteiger partial charge in [0.2, 0.25) is 0 Å². The average molecular weight is 260 g/mol. The number of nitrogens with zero attached hydrogens (tertiary/aromatic N) is 1. The van der Waals surface area contributed by atoms with Crippen LogP contribution in [0.15, 0.2) is 35.4 Å². The SMILES string of the molecule is Cc1cc(C)nc(SCc2cc(N)ccc2O)c1. The summed E-state index contributed by atoms with van der Waals surface area (Å²) in [5, 5.41) is 10.7. The highest BCUT2D eigenvalue weighted by Gasteiger charge is 2.04. The molecule has 94 valence electrons. The zero-order chi connectivity index (χ0) is 13.1. The first-order chi connectivity index (χ1) is 8.54.